The number of rotatable bonds is 4. The van der Waals surface area contributed by atoms with Crippen molar-refractivity contribution in [2.45, 2.75) is 6.92 Å². The van der Waals surface area contributed by atoms with E-state index in [0.29, 0.717) is 29.2 Å². The van der Waals surface area contributed by atoms with Crippen molar-refractivity contribution in [3.8, 4) is 23.8 Å². The van der Waals surface area contributed by atoms with Crippen LogP contribution in [0, 0.1) is 12.3 Å². The van der Waals surface area contributed by atoms with Gasteiger partial charge in [0.25, 0.3) is 0 Å². The minimum atomic E-state index is -3.38. The van der Waals surface area contributed by atoms with Crippen molar-refractivity contribution in [3.63, 3.8) is 0 Å². The number of benzene rings is 2. The van der Waals surface area contributed by atoms with Gasteiger partial charge in [-0.1, -0.05) is 12.0 Å². The van der Waals surface area contributed by atoms with Gasteiger partial charge >= 0.3 is 16.3 Å². The van der Waals surface area contributed by atoms with Crippen molar-refractivity contribution < 1.29 is 22.1 Å². The normalized spacial score (nSPS) is 17.7. The van der Waals surface area contributed by atoms with Crippen LogP contribution in [0.15, 0.2) is 52.9 Å². The molecule has 0 aliphatic carbocycles. The summed E-state index contributed by atoms with van der Waals surface area (Å²) in [6.07, 6.45) is 8.17. The fourth-order valence-electron chi connectivity index (χ4n) is 2.15. The zero-order valence-electron chi connectivity index (χ0n) is 13.9. The molecule has 2 aromatic carbocycles. The van der Waals surface area contributed by atoms with E-state index in [1.54, 1.807) is 55.5 Å². The number of fused-ring (bicyclic) bond motifs is 1. The SMILES string of the molecule is C#Cc1ccc(N=S2(=O)Oc3ccc(/C=C/C(=O)OCC)cc3O2)cc1. The van der Waals surface area contributed by atoms with Crippen molar-refractivity contribution >= 4 is 28.0 Å². The van der Waals surface area contributed by atoms with Gasteiger partial charge in [-0.05, 0) is 55.0 Å². The predicted molar refractivity (Wildman–Crippen MR) is 98.0 cm³/mol. The van der Waals surface area contributed by atoms with E-state index in [2.05, 4.69) is 10.3 Å². The van der Waals surface area contributed by atoms with Gasteiger partial charge < -0.3 is 13.1 Å². The van der Waals surface area contributed by atoms with Gasteiger partial charge in [0, 0.05) is 11.6 Å². The van der Waals surface area contributed by atoms with Crippen molar-refractivity contribution in [1.82, 2.24) is 0 Å². The third-order valence-electron chi connectivity index (χ3n) is 3.31. The largest absolute Gasteiger partial charge is 0.463 e. The van der Waals surface area contributed by atoms with E-state index in [4.69, 9.17) is 19.5 Å². The summed E-state index contributed by atoms with van der Waals surface area (Å²) in [4.78, 5) is 11.4. The van der Waals surface area contributed by atoms with Crippen LogP contribution in [0.3, 0.4) is 0 Å². The van der Waals surface area contributed by atoms with Gasteiger partial charge in [0.05, 0.1) is 12.3 Å². The molecule has 1 unspecified atom stereocenters. The lowest BCUT2D eigenvalue weighted by Crippen LogP contribution is -2.08. The summed E-state index contributed by atoms with van der Waals surface area (Å²) in [7, 11) is -3.38. The summed E-state index contributed by atoms with van der Waals surface area (Å²) in [6, 6.07) is 11.5. The lowest BCUT2D eigenvalue weighted by atomic mass is 10.2. The molecule has 26 heavy (non-hydrogen) atoms. The van der Waals surface area contributed by atoms with Crippen molar-refractivity contribution in [3.05, 3.63) is 59.7 Å². The minimum Gasteiger partial charge on any atom is -0.463 e. The fraction of sp³-hybridized carbons (Fsp3) is 0.105. The van der Waals surface area contributed by atoms with Gasteiger partial charge in [0.1, 0.15) is 0 Å². The van der Waals surface area contributed by atoms with Crippen LogP contribution in [-0.4, -0.2) is 16.8 Å². The highest BCUT2D eigenvalue weighted by Crippen LogP contribution is 2.38. The maximum absolute atomic E-state index is 12.7. The number of carbonyl (C=O) groups is 1. The van der Waals surface area contributed by atoms with Crippen molar-refractivity contribution in [1.29, 1.82) is 0 Å². The Morgan fingerprint density at radius 1 is 1.23 bits per heavy atom. The molecule has 3 rings (SSSR count). The number of hydrogen-bond acceptors (Lipinski definition) is 6. The van der Waals surface area contributed by atoms with Crippen molar-refractivity contribution in [2.75, 3.05) is 6.61 Å². The van der Waals surface area contributed by atoms with Crippen LogP contribution in [-0.2, 0) is 19.8 Å². The number of ether oxygens (including phenoxy) is 1. The maximum atomic E-state index is 12.7. The van der Waals surface area contributed by atoms with E-state index >= 15 is 0 Å². The number of esters is 1. The van der Waals surface area contributed by atoms with Crippen LogP contribution in [0.25, 0.3) is 6.08 Å². The standard InChI is InChI=1S/C19H15NO5S/c1-3-14-5-9-16(10-6-14)20-26(22)24-17-11-7-15(13-18(17)25-26)8-12-19(21)23-4-2/h1,5-13H,4H2,2H3/b12-8+. The second kappa shape index (κ2) is 7.33. The molecule has 1 aliphatic heterocycles. The Hall–Kier alpha value is -3.24. The lowest BCUT2D eigenvalue weighted by Gasteiger charge is -2.00. The lowest BCUT2D eigenvalue weighted by molar-refractivity contribution is -0.137. The summed E-state index contributed by atoms with van der Waals surface area (Å²) >= 11 is 0. The quantitative estimate of drug-likeness (QED) is 0.467. The fourth-order valence-corrected chi connectivity index (χ4v) is 3.36. The molecule has 0 saturated heterocycles. The molecule has 0 fully saturated rings. The molecular weight excluding hydrogens is 354 g/mol. The third-order valence-corrected chi connectivity index (χ3v) is 4.52. The molecule has 1 atom stereocenters. The van der Waals surface area contributed by atoms with E-state index in [-0.39, 0.29) is 5.75 Å². The second-order valence-corrected chi connectivity index (χ2v) is 6.54. The van der Waals surface area contributed by atoms with E-state index in [1.165, 1.54) is 6.08 Å². The molecule has 0 aromatic heterocycles. The second-order valence-electron chi connectivity index (χ2n) is 5.17. The van der Waals surface area contributed by atoms with E-state index in [9.17, 15) is 9.00 Å². The van der Waals surface area contributed by atoms with E-state index in [0.717, 1.165) is 0 Å². The Morgan fingerprint density at radius 3 is 2.65 bits per heavy atom. The monoisotopic (exact) mass is 369 g/mol. The van der Waals surface area contributed by atoms with E-state index in [1.807, 2.05) is 0 Å². The predicted octanol–water partition coefficient (Wildman–Crippen LogP) is 3.65. The highest BCUT2D eigenvalue weighted by molar-refractivity contribution is 7.85. The van der Waals surface area contributed by atoms with E-state index < -0.39 is 16.3 Å². The number of terminal acetylenes is 1. The summed E-state index contributed by atoms with van der Waals surface area (Å²) < 4.78 is 32.3. The zero-order chi connectivity index (χ0) is 18.6. The molecule has 0 spiro atoms. The molecule has 0 saturated carbocycles. The van der Waals surface area contributed by atoms with Gasteiger partial charge in [-0.3, -0.25) is 0 Å². The molecule has 0 N–H and O–H groups in total. The average molecular weight is 369 g/mol. The van der Waals surface area contributed by atoms with Crippen LogP contribution in [0.2, 0.25) is 0 Å². The Balaban J connectivity index is 1.81. The average Bonchev–Trinajstić information content (AvgIpc) is 2.96. The molecule has 6 nitrogen and oxygen atoms in total. The van der Waals surface area contributed by atoms with Crippen LogP contribution in [0.4, 0.5) is 5.69 Å². The third kappa shape index (κ3) is 4.05. The van der Waals surface area contributed by atoms with Gasteiger partial charge in [0.2, 0.25) is 0 Å². The highest BCUT2D eigenvalue weighted by Gasteiger charge is 2.27. The summed E-state index contributed by atoms with van der Waals surface area (Å²) in [6.45, 7) is 2.03. The summed E-state index contributed by atoms with van der Waals surface area (Å²) in [5.74, 6) is 2.64. The zero-order valence-corrected chi connectivity index (χ0v) is 14.7. The Morgan fingerprint density at radius 2 is 1.96 bits per heavy atom. The molecule has 0 radical (unpaired) electrons. The molecular formula is C19H15NO5S. The first-order chi connectivity index (χ1) is 12.5. The first-order valence-electron chi connectivity index (χ1n) is 7.73. The Bertz CT molecular complexity index is 1020. The number of hydrogen-bond donors (Lipinski definition) is 0. The highest BCUT2D eigenvalue weighted by atomic mass is 32.2. The van der Waals surface area contributed by atoms with Gasteiger partial charge in [-0.25, -0.2) is 4.79 Å². The van der Waals surface area contributed by atoms with Crippen LogP contribution in [0.5, 0.6) is 11.5 Å². The molecule has 2 aromatic rings. The van der Waals surface area contributed by atoms with Crippen LogP contribution >= 0.6 is 0 Å². The molecule has 1 heterocycles. The number of carbonyl (C=O) groups excluding carboxylic acids is 1. The smallest absolute Gasteiger partial charge is 0.393 e. The molecule has 132 valence electrons. The first-order valence-corrected chi connectivity index (χ1v) is 9.09. The summed E-state index contributed by atoms with van der Waals surface area (Å²) in [5.41, 5.74) is 1.78. The minimum absolute atomic E-state index is 0.282. The molecule has 0 amide bonds. The van der Waals surface area contributed by atoms with Crippen LogP contribution < -0.4 is 8.37 Å². The molecule has 1 aliphatic rings. The first kappa shape index (κ1) is 17.6. The van der Waals surface area contributed by atoms with Crippen molar-refractivity contribution in [2.24, 2.45) is 4.36 Å². The Kier molecular flexibility index (Phi) is 4.96. The topological polar surface area (TPSA) is 74.2 Å². The van der Waals surface area contributed by atoms with Gasteiger partial charge in [-0.2, -0.15) is 4.21 Å². The summed E-state index contributed by atoms with van der Waals surface area (Å²) in [5, 5.41) is 0. The Labute approximate surface area is 152 Å². The molecule has 7 heteroatoms. The maximum Gasteiger partial charge on any atom is 0.393 e. The number of nitrogens with zero attached hydrogens (tertiary/aromatic N) is 1. The molecule has 0 bridgehead atoms. The van der Waals surface area contributed by atoms with Gasteiger partial charge in [-0.15, -0.1) is 10.8 Å². The van der Waals surface area contributed by atoms with Gasteiger partial charge in [0.15, 0.2) is 11.5 Å². The van der Waals surface area contributed by atoms with Crippen LogP contribution in [0.1, 0.15) is 18.1 Å².